The highest BCUT2D eigenvalue weighted by molar-refractivity contribution is 7.17. The van der Waals surface area contributed by atoms with Crippen molar-refractivity contribution in [1.29, 1.82) is 0 Å². The summed E-state index contributed by atoms with van der Waals surface area (Å²) >= 11 is 0.859. The average Bonchev–Trinajstić information content (AvgIpc) is 2.56. The van der Waals surface area contributed by atoms with Crippen LogP contribution in [0.3, 0.4) is 0 Å². The number of nitrogens with zero attached hydrogens (tertiary/aromatic N) is 3. The number of halogens is 1. The van der Waals surface area contributed by atoms with Gasteiger partial charge in [0.25, 0.3) is 0 Å². The van der Waals surface area contributed by atoms with Gasteiger partial charge in [0.2, 0.25) is 5.95 Å². The second-order valence-electron chi connectivity index (χ2n) is 4.51. The van der Waals surface area contributed by atoms with Crippen molar-refractivity contribution >= 4 is 28.4 Å². The van der Waals surface area contributed by atoms with Crippen LogP contribution in [0.4, 0.5) is 14.3 Å². The molecule has 1 aromatic rings. The van der Waals surface area contributed by atoms with Crippen molar-refractivity contribution in [2.75, 3.05) is 11.9 Å². The summed E-state index contributed by atoms with van der Waals surface area (Å²) in [5.74, 6) is -0.816. The lowest BCUT2D eigenvalue weighted by Crippen LogP contribution is -2.45. The zero-order chi connectivity index (χ0) is 14.1. The number of amides is 1. The fraction of sp³-hybridized carbons (Fsp3) is 0.500. The van der Waals surface area contributed by atoms with Gasteiger partial charge in [-0.1, -0.05) is 11.3 Å². The van der Waals surface area contributed by atoms with E-state index in [1.807, 2.05) is 0 Å². The summed E-state index contributed by atoms with van der Waals surface area (Å²) in [6.07, 6.45) is -1.20. The van der Waals surface area contributed by atoms with E-state index in [0.29, 0.717) is 0 Å². The van der Waals surface area contributed by atoms with Gasteiger partial charge in [-0.05, 0) is 20.8 Å². The Morgan fingerprint density at radius 2 is 2.11 bits per heavy atom. The molecule has 0 spiro atoms. The molecule has 0 aliphatic rings. The van der Waals surface area contributed by atoms with Crippen LogP contribution >= 0.6 is 11.3 Å². The van der Waals surface area contributed by atoms with Gasteiger partial charge in [-0.2, -0.15) is 9.37 Å². The van der Waals surface area contributed by atoms with E-state index in [1.165, 1.54) is 7.05 Å². The maximum Gasteiger partial charge on any atom is 0.414 e. The smallest absolute Gasteiger partial charge is 0.414 e. The maximum atomic E-state index is 13.6. The molecule has 1 heterocycles. The Balaban J connectivity index is 3.29. The normalized spacial score (nSPS) is 12.6. The van der Waals surface area contributed by atoms with E-state index >= 15 is 0 Å². The van der Waals surface area contributed by atoms with Gasteiger partial charge in [0.05, 0.1) is 0 Å². The number of aromatic nitrogens is 1. The molecule has 0 fully saturated rings. The molecule has 0 unspecified atom stereocenters. The van der Waals surface area contributed by atoms with E-state index in [0.717, 1.165) is 16.2 Å². The molecule has 0 radical (unpaired) electrons. The molecule has 0 bridgehead atoms. The highest BCUT2D eigenvalue weighted by Gasteiger charge is 2.32. The number of rotatable bonds is 2. The molecule has 1 aromatic heterocycles. The SMILES string of the molecule is CN=C(N)c1sc(N(C(=O)O)C(C)(C)C)nc1F. The van der Waals surface area contributed by atoms with Crippen LogP contribution in [0.25, 0.3) is 0 Å². The van der Waals surface area contributed by atoms with Crippen LogP contribution in [-0.2, 0) is 0 Å². The summed E-state index contributed by atoms with van der Waals surface area (Å²) in [7, 11) is 1.42. The molecular formula is C10H15FN4O2S. The first-order valence-corrected chi connectivity index (χ1v) is 5.92. The van der Waals surface area contributed by atoms with Gasteiger partial charge in [-0.25, -0.2) is 9.69 Å². The third-order valence-corrected chi connectivity index (χ3v) is 3.14. The minimum absolute atomic E-state index is 0.00417. The van der Waals surface area contributed by atoms with Gasteiger partial charge in [0.1, 0.15) is 10.7 Å². The Morgan fingerprint density at radius 1 is 1.56 bits per heavy atom. The molecule has 1 amide bonds. The first-order chi connectivity index (χ1) is 8.18. The average molecular weight is 274 g/mol. The molecular weight excluding hydrogens is 259 g/mol. The van der Waals surface area contributed by atoms with Gasteiger partial charge in [0.15, 0.2) is 5.13 Å². The van der Waals surface area contributed by atoms with E-state index in [-0.39, 0.29) is 15.8 Å². The Hall–Kier alpha value is -1.70. The number of aliphatic imine (C=N–C) groups is 1. The zero-order valence-corrected chi connectivity index (χ0v) is 11.4. The molecule has 0 saturated carbocycles. The lowest BCUT2D eigenvalue weighted by atomic mass is 10.1. The minimum atomic E-state index is -1.20. The molecule has 0 aromatic carbocycles. The summed E-state index contributed by atoms with van der Waals surface area (Å²) in [5.41, 5.74) is 4.78. The van der Waals surface area contributed by atoms with Crippen molar-refractivity contribution in [2.24, 2.45) is 10.7 Å². The van der Waals surface area contributed by atoms with Crippen molar-refractivity contribution in [3.8, 4) is 0 Å². The fourth-order valence-corrected chi connectivity index (χ4v) is 2.38. The zero-order valence-electron chi connectivity index (χ0n) is 10.6. The standard InChI is InChI=1S/C10H15FN4O2S/c1-10(2,3)15(9(16)17)8-14-6(11)5(18-8)7(12)13-4/h1-4H3,(H2,12,13)(H,16,17). The second-order valence-corrected chi connectivity index (χ2v) is 5.49. The Morgan fingerprint density at radius 3 is 2.50 bits per heavy atom. The van der Waals surface area contributed by atoms with E-state index in [1.54, 1.807) is 20.8 Å². The molecule has 8 heteroatoms. The quantitative estimate of drug-likeness (QED) is 0.636. The molecule has 100 valence electrons. The highest BCUT2D eigenvalue weighted by atomic mass is 32.1. The molecule has 0 saturated heterocycles. The number of hydrogen-bond donors (Lipinski definition) is 2. The molecule has 6 nitrogen and oxygen atoms in total. The van der Waals surface area contributed by atoms with Crippen molar-refractivity contribution in [3.05, 3.63) is 10.8 Å². The third-order valence-electron chi connectivity index (χ3n) is 2.10. The second kappa shape index (κ2) is 4.89. The van der Waals surface area contributed by atoms with Crippen LogP contribution in [0.5, 0.6) is 0 Å². The summed E-state index contributed by atoms with van der Waals surface area (Å²) in [4.78, 5) is 19.5. The largest absolute Gasteiger partial charge is 0.465 e. The number of hydrogen-bond acceptors (Lipinski definition) is 4. The summed E-state index contributed by atoms with van der Waals surface area (Å²) in [6.45, 7) is 5.08. The molecule has 0 aliphatic carbocycles. The van der Waals surface area contributed by atoms with E-state index < -0.39 is 17.6 Å². The van der Waals surface area contributed by atoms with Crippen LogP contribution in [0.1, 0.15) is 25.6 Å². The number of carboxylic acid groups (broad SMARTS) is 1. The molecule has 1 rings (SSSR count). The third kappa shape index (κ3) is 2.76. The van der Waals surface area contributed by atoms with Crippen molar-refractivity contribution in [3.63, 3.8) is 0 Å². The summed E-state index contributed by atoms with van der Waals surface area (Å²) < 4.78 is 13.6. The number of amidine groups is 1. The van der Waals surface area contributed by atoms with Gasteiger partial charge < -0.3 is 10.8 Å². The Kier molecular flexibility index (Phi) is 3.90. The van der Waals surface area contributed by atoms with Crippen molar-refractivity contribution in [1.82, 2.24) is 4.98 Å². The van der Waals surface area contributed by atoms with Crippen molar-refractivity contribution in [2.45, 2.75) is 26.3 Å². The van der Waals surface area contributed by atoms with Crippen LogP contribution in [0.2, 0.25) is 0 Å². The molecule has 18 heavy (non-hydrogen) atoms. The first-order valence-electron chi connectivity index (χ1n) is 5.10. The summed E-state index contributed by atoms with van der Waals surface area (Å²) in [6, 6.07) is 0. The van der Waals surface area contributed by atoms with E-state index in [9.17, 15) is 9.18 Å². The van der Waals surface area contributed by atoms with Gasteiger partial charge in [0, 0.05) is 12.6 Å². The van der Waals surface area contributed by atoms with Crippen LogP contribution < -0.4 is 10.6 Å². The fourth-order valence-electron chi connectivity index (χ4n) is 1.30. The lowest BCUT2D eigenvalue weighted by Gasteiger charge is -2.30. The molecule has 3 N–H and O–H groups in total. The maximum absolute atomic E-state index is 13.6. The van der Waals surface area contributed by atoms with E-state index in [4.69, 9.17) is 10.8 Å². The van der Waals surface area contributed by atoms with Crippen LogP contribution in [0.15, 0.2) is 4.99 Å². The topological polar surface area (TPSA) is 91.8 Å². The molecule has 0 aliphatic heterocycles. The minimum Gasteiger partial charge on any atom is -0.465 e. The number of thiazole rings is 1. The van der Waals surface area contributed by atoms with Gasteiger partial charge in [-0.3, -0.25) is 4.99 Å². The van der Waals surface area contributed by atoms with Gasteiger partial charge in [-0.15, -0.1) is 0 Å². The van der Waals surface area contributed by atoms with Gasteiger partial charge >= 0.3 is 6.09 Å². The van der Waals surface area contributed by atoms with E-state index in [2.05, 4.69) is 9.98 Å². The highest BCUT2D eigenvalue weighted by Crippen LogP contribution is 2.30. The molecule has 0 atom stereocenters. The monoisotopic (exact) mass is 274 g/mol. The Bertz CT molecular complexity index is 493. The van der Waals surface area contributed by atoms with Crippen LogP contribution in [-0.4, -0.2) is 34.6 Å². The summed E-state index contributed by atoms with van der Waals surface area (Å²) in [5, 5.41) is 9.20. The Labute approximate surface area is 108 Å². The number of anilines is 1. The lowest BCUT2D eigenvalue weighted by molar-refractivity contribution is 0.195. The first kappa shape index (κ1) is 14.4. The predicted octanol–water partition coefficient (Wildman–Crippen LogP) is 1.90. The predicted molar refractivity (Wildman–Crippen MR) is 69.0 cm³/mol. The number of carbonyl (C=O) groups is 1. The van der Waals surface area contributed by atoms with Crippen molar-refractivity contribution < 1.29 is 14.3 Å². The number of nitrogens with two attached hydrogens (primary N) is 1. The van der Waals surface area contributed by atoms with Crippen LogP contribution in [0, 0.1) is 5.95 Å².